The van der Waals surface area contributed by atoms with Gasteiger partial charge in [0.15, 0.2) is 0 Å². The van der Waals surface area contributed by atoms with Crippen LogP contribution in [0.4, 0.5) is 23.2 Å². The van der Waals surface area contributed by atoms with Crippen LogP contribution in [0, 0.1) is 5.82 Å². The second-order valence-electron chi connectivity index (χ2n) is 5.04. The number of aromatic nitrogens is 1. The fourth-order valence-corrected chi connectivity index (χ4v) is 2.43. The minimum Gasteiger partial charge on any atom is -0.360 e. The van der Waals surface area contributed by atoms with Crippen LogP contribution in [0.2, 0.25) is 5.02 Å². The summed E-state index contributed by atoms with van der Waals surface area (Å²) in [7, 11) is 0. The maximum atomic E-state index is 13.3. The first-order valence-corrected chi connectivity index (χ1v) is 7.08. The number of hydrogen-bond acceptors (Lipinski definition) is 1. The first-order valence-electron chi connectivity index (χ1n) is 6.70. The van der Waals surface area contributed by atoms with Crippen molar-refractivity contribution in [2.45, 2.75) is 6.18 Å². The summed E-state index contributed by atoms with van der Waals surface area (Å²) in [5, 5.41) is 2.60. The predicted octanol–water partition coefficient (Wildman–Crippen LogP) is 5.23. The van der Waals surface area contributed by atoms with Crippen molar-refractivity contribution < 1.29 is 22.4 Å². The first-order chi connectivity index (χ1) is 11.3. The summed E-state index contributed by atoms with van der Waals surface area (Å²) < 4.78 is 51.6. The number of rotatable bonds is 2. The molecule has 1 aromatic heterocycles. The van der Waals surface area contributed by atoms with E-state index in [4.69, 9.17) is 11.6 Å². The van der Waals surface area contributed by atoms with Crippen molar-refractivity contribution in [2.24, 2.45) is 0 Å². The number of H-pyrrole nitrogens is 1. The van der Waals surface area contributed by atoms with Crippen LogP contribution in [-0.4, -0.2) is 10.9 Å². The largest absolute Gasteiger partial charge is 0.416 e. The number of aromatic amines is 1. The van der Waals surface area contributed by atoms with Crippen molar-refractivity contribution in [1.29, 1.82) is 0 Å². The number of anilines is 1. The Morgan fingerprint density at radius 1 is 1.12 bits per heavy atom. The van der Waals surface area contributed by atoms with Gasteiger partial charge < -0.3 is 10.3 Å². The molecule has 24 heavy (non-hydrogen) atoms. The minimum absolute atomic E-state index is 0.0395. The van der Waals surface area contributed by atoms with Crippen LogP contribution in [-0.2, 0) is 6.18 Å². The molecule has 0 aliphatic rings. The third-order valence-electron chi connectivity index (χ3n) is 3.43. The fourth-order valence-electron chi connectivity index (χ4n) is 2.27. The Hall–Kier alpha value is -2.54. The third kappa shape index (κ3) is 3.07. The molecule has 0 fully saturated rings. The Morgan fingerprint density at radius 2 is 1.88 bits per heavy atom. The lowest BCUT2D eigenvalue weighted by Crippen LogP contribution is -2.13. The average molecular weight is 357 g/mol. The molecule has 0 atom stereocenters. The van der Waals surface area contributed by atoms with E-state index in [1.807, 2.05) is 0 Å². The lowest BCUT2D eigenvalue weighted by molar-refractivity contribution is -0.137. The van der Waals surface area contributed by atoms with Crippen LogP contribution in [0.25, 0.3) is 10.9 Å². The van der Waals surface area contributed by atoms with Gasteiger partial charge in [-0.15, -0.1) is 0 Å². The second kappa shape index (κ2) is 5.83. The third-order valence-corrected chi connectivity index (χ3v) is 3.76. The zero-order valence-electron chi connectivity index (χ0n) is 11.8. The summed E-state index contributed by atoms with van der Waals surface area (Å²) in [5.41, 5.74) is -0.496. The molecule has 1 amide bonds. The van der Waals surface area contributed by atoms with Gasteiger partial charge in [0.1, 0.15) is 5.82 Å². The summed E-state index contributed by atoms with van der Waals surface area (Å²) in [6, 6.07) is 6.46. The number of fused-ring (bicyclic) bond motifs is 1. The van der Waals surface area contributed by atoms with Crippen LogP contribution in [0.5, 0.6) is 0 Å². The number of carbonyl (C=O) groups is 1. The molecule has 0 radical (unpaired) electrons. The highest BCUT2D eigenvalue weighted by Gasteiger charge is 2.31. The van der Waals surface area contributed by atoms with Gasteiger partial charge in [0, 0.05) is 17.1 Å². The molecule has 2 N–H and O–H groups in total. The van der Waals surface area contributed by atoms with Crippen LogP contribution in [0.1, 0.15) is 15.9 Å². The van der Waals surface area contributed by atoms with Crippen molar-refractivity contribution in [2.75, 3.05) is 5.32 Å². The van der Waals surface area contributed by atoms with Gasteiger partial charge in [-0.05, 0) is 36.4 Å². The molecule has 8 heteroatoms. The molecule has 1 heterocycles. The van der Waals surface area contributed by atoms with Gasteiger partial charge in [0.2, 0.25) is 0 Å². The molecule has 3 nitrogen and oxygen atoms in total. The molecule has 0 aliphatic heterocycles. The number of amides is 1. The van der Waals surface area contributed by atoms with Crippen LogP contribution in [0.3, 0.4) is 0 Å². The number of nitrogens with one attached hydrogen (secondary N) is 2. The molecule has 0 aliphatic carbocycles. The number of carbonyl (C=O) groups excluding carboxylic acids is 1. The van der Waals surface area contributed by atoms with Crippen molar-refractivity contribution in [3.05, 3.63) is 64.6 Å². The summed E-state index contributed by atoms with van der Waals surface area (Å²) in [6.45, 7) is 0. The van der Waals surface area contributed by atoms with Gasteiger partial charge in [0.05, 0.1) is 21.8 Å². The van der Waals surface area contributed by atoms with Crippen molar-refractivity contribution in [3.63, 3.8) is 0 Å². The normalized spacial score (nSPS) is 11.7. The number of halogens is 5. The van der Waals surface area contributed by atoms with E-state index < -0.39 is 23.5 Å². The smallest absolute Gasteiger partial charge is 0.360 e. The first kappa shape index (κ1) is 16.3. The molecular formula is C16H9ClF4N2O. The van der Waals surface area contributed by atoms with Gasteiger partial charge in [-0.2, -0.15) is 13.2 Å². The van der Waals surface area contributed by atoms with E-state index in [1.54, 1.807) is 0 Å². The van der Waals surface area contributed by atoms with Crippen molar-refractivity contribution in [1.82, 2.24) is 4.98 Å². The lowest BCUT2D eigenvalue weighted by atomic mass is 10.1. The zero-order chi connectivity index (χ0) is 17.5. The molecule has 0 spiro atoms. The monoisotopic (exact) mass is 356 g/mol. The molecule has 124 valence electrons. The Bertz CT molecular complexity index is 933. The summed E-state index contributed by atoms with van der Waals surface area (Å²) >= 11 is 5.85. The van der Waals surface area contributed by atoms with Crippen LogP contribution < -0.4 is 5.32 Å². The molecule has 3 rings (SSSR count). The summed E-state index contributed by atoms with van der Waals surface area (Å²) in [4.78, 5) is 15.1. The van der Waals surface area contributed by atoms with Gasteiger partial charge in [0.25, 0.3) is 5.91 Å². The van der Waals surface area contributed by atoms with Gasteiger partial charge in [-0.3, -0.25) is 4.79 Å². The Kier molecular flexibility index (Phi) is 3.96. The highest BCUT2D eigenvalue weighted by atomic mass is 35.5. The zero-order valence-corrected chi connectivity index (χ0v) is 12.6. The number of hydrogen-bond donors (Lipinski definition) is 2. The van der Waals surface area contributed by atoms with Crippen molar-refractivity contribution in [3.8, 4) is 0 Å². The second-order valence-corrected chi connectivity index (χ2v) is 5.45. The molecular weight excluding hydrogens is 348 g/mol. The average Bonchev–Trinajstić information content (AvgIpc) is 2.91. The van der Waals surface area contributed by atoms with Crippen molar-refractivity contribution >= 4 is 34.1 Å². The van der Waals surface area contributed by atoms with E-state index in [-0.39, 0.29) is 16.3 Å². The van der Waals surface area contributed by atoms with Gasteiger partial charge in [-0.25, -0.2) is 4.39 Å². The van der Waals surface area contributed by atoms with E-state index >= 15 is 0 Å². The van der Waals surface area contributed by atoms with Crippen LogP contribution >= 0.6 is 11.6 Å². The van der Waals surface area contributed by atoms with E-state index in [1.165, 1.54) is 18.3 Å². The molecule has 0 saturated carbocycles. The number of benzene rings is 2. The summed E-state index contributed by atoms with van der Waals surface area (Å²) in [5.74, 6) is -1.23. The predicted molar refractivity (Wildman–Crippen MR) is 82.7 cm³/mol. The Labute approximate surface area is 138 Å². The summed E-state index contributed by atoms with van der Waals surface area (Å²) in [6.07, 6.45) is -3.21. The Balaban J connectivity index is 1.96. The van der Waals surface area contributed by atoms with Gasteiger partial charge in [-0.1, -0.05) is 11.6 Å². The fraction of sp³-hybridized carbons (Fsp3) is 0.0625. The topological polar surface area (TPSA) is 44.9 Å². The quantitative estimate of drug-likeness (QED) is 0.607. The highest BCUT2D eigenvalue weighted by molar-refractivity contribution is 6.34. The Morgan fingerprint density at radius 3 is 2.58 bits per heavy atom. The van der Waals surface area contributed by atoms with E-state index in [2.05, 4.69) is 10.3 Å². The maximum absolute atomic E-state index is 13.3. The van der Waals surface area contributed by atoms with Gasteiger partial charge >= 0.3 is 6.18 Å². The lowest BCUT2D eigenvalue weighted by Gasteiger charge is -2.11. The maximum Gasteiger partial charge on any atom is 0.416 e. The molecule has 3 aromatic rings. The van der Waals surface area contributed by atoms with E-state index in [0.717, 1.165) is 24.3 Å². The minimum atomic E-state index is -4.56. The molecule has 2 aromatic carbocycles. The standard InChI is InChI=1S/C16H9ClF4N2O/c17-12-3-1-8(16(19,20)21)5-14(12)23-15(24)11-7-22-13-4-2-9(18)6-10(11)13/h1-7,22H,(H,23,24). The molecule has 0 bridgehead atoms. The van der Waals surface area contributed by atoms with E-state index in [0.29, 0.717) is 10.9 Å². The SMILES string of the molecule is O=C(Nc1cc(C(F)(F)F)ccc1Cl)c1c[nH]c2ccc(F)cc12. The van der Waals surface area contributed by atoms with Crippen LogP contribution in [0.15, 0.2) is 42.6 Å². The highest BCUT2D eigenvalue weighted by Crippen LogP contribution is 2.34. The van der Waals surface area contributed by atoms with E-state index in [9.17, 15) is 22.4 Å². The molecule has 0 unspecified atom stereocenters. The number of alkyl halides is 3. The molecule has 0 saturated heterocycles.